The van der Waals surface area contributed by atoms with Crippen molar-refractivity contribution in [3.05, 3.63) is 71.3 Å². The second-order valence-electron chi connectivity index (χ2n) is 8.13. The number of carbonyl (C=O) groups excluding carboxylic acids is 2. The number of hydrogen-bond acceptors (Lipinski definition) is 2. The summed E-state index contributed by atoms with van der Waals surface area (Å²) in [6.45, 7) is 2.80. The van der Waals surface area contributed by atoms with Gasteiger partial charge in [-0.05, 0) is 36.1 Å². The molecule has 0 bridgehead atoms. The first-order valence-corrected chi connectivity index (χ1v) is 9.89. The van der Waals surface area contributed by atoms with E-state index in [1.54, 1.807) is 19.0 Å². The molecule has 5 heteroatoms. The van der Waals surface area contributed by atoms with Crippen molar-refractivity contribution >= 4 is 11.9 Å². The van der Waals surface area contributed by atoms with Gasteiger partial charge in [-0.25, -0.2) is 4.79 Å². The van der Waals surface area contributed by atoms with Crippen molar-refractivity contribution in [1.29, 1.82) is 0 Å². The Morgan fingerprint density at radius 3 is 2.21 bits per heavy atom. The van der Waals surface area contributed by atoms with E-state index in [2.05, 4.69) is 18.2 Å². The molecule has 2 heterocycles. The third-order valence-corrected chi connectivity index (χ3v) is 6.13. The number of amides is 3. The fourth-order valence-electron chi connectivity index (χ4n) is 4.63. The van der Waals surface area contributed by atoms with Gasteiger partial charge < -0.3 is 14.7 Å². The Labute approximate surface area is 166 Å². The van der Waals surface area contributed by atoms with Crippen LogP contribution in [0.2, 0.25) is 0 Å². The summed E-state index contributed by atoms with van der Waals surface area (Å²) in [5.41, 5.74) is 3.25. The summed E-state index contributed by atoms with van der Waals surface area (Å²) in [6, 6.07) is 18.0. The molecule has 28 heavy (non-hydrogen) atoms. The van der Waals surface area contributed by atoms with Crippen LogP contribution in [0.3, 0.4) is 0 Å². The molecule has 2 aromatic rings. The summed E-state index contributed by atoms with van der Waals surface area (Å²) in [7, 11) is 3.60. The maximum absolute atomic E-state index is 12.8. The van der Waals surface area contributed by atoms with Gasteiger partial charge >= 0.3 is 6.03 Å². The summed E-state index contributed by atoms with van der Waals surface area (Å²) < 4.78 is 0. The average molecular weight is 377 g/mol. The van der Waals surface area contributed by atoms with E-state index in [-0.39, 0.29) is 17.4 Å². The van der Waals surface area contributed by atoms with Crippen molar-refractivity contribution in [2.24, 2.45) is 0 Å². The molecular formula is C23H27N3O2. The first kappa shape index (κ1) is 18.5. The van der Waals surface area contributed by atoms with Crippen molar-refractivity contribution < 1.29 is 9.59 Å². The lowest BCUT2D eigenvalue weighted by molar-refractivity contribution is 0.0605. The number of urea groups is 1. The number of nitrogens with zero attached hydrogens (tertiary/aromatic N) is 3. The molecule has 146 valence electrons. The molecule has 2 aliphatic heterocycles. The summed E-state index contributed by atoms with van der Waals surface area (Å²) in [6.07, 6.45) is 1.75. The van der Waals surface area contributed by atoms with Crippen LogP contribution in [0.15, 0.2) is 54.6 Å². The van der Waals surface area contributed by atoms with Crippen LogP contribution in [0.1, 0.15) is 34.3 Å². The molecule has 0 N–H and O–H groups in total. The summed E-state index contributed by atoms with van der Waals surface area (Å²) >= 11 is 0. The Kier molecular flexibility index (Phi) is 4.84. The maximum Gasteiger partial charge on any atom is 0.319 e. The second kappa shape index (κ2) is 7.30. The van der Waals surface area contributed by atoms with Crippen molar-refractivity contribution in [2.75, 3.05) is 33.7 Å². The summed E-state index contributed by atoms with van der Waals surface area (Å²) in [5.74, 6) is 0.0979. The topological polar surface area (TPSA) is 43.9 Å². The second-order valence-corrected chi connectivity index (χ2v) is 8.13. The molecule has 0 aliphatic carbocycles. The first-order valence-electron chi connectivity index (χ1n) is 9.89. The number of carbonyl (C=O) groups is 2. The highest BCUT2D eigenvalue weighted by Gasteiger charge is 2.44. The van der Waals surface area contributed by atoms with Crippen LogP contribution in [-0.4, -0.2) is 60.4 Å². The number of benzene rings is 2. The number of hydrogen-bond donors (Lipinski definition) is 0. The smallest absolute Gasteiger partial charge is 0.319 e. The lowest BCUT2D eigenvalue weighted by Crippen LogP contribution is -2.55. The predicted molar refractivity (Wildman–Crippen MR) is 109 cm³/mol. The molecule has 1 spiro atoms. The van der Waals surface area contributed by atoms with Gasteiger partial charge in [0.05, 0.1) is 0 Å². The SMILES string of the molecule is CN(C)C(=O)N1Cc2ccccc2C2(CCN(C(=O)c3ccccc3)CC2)C1. The van der Waals surface area contributed by atoms with Gasteiger partial charge in [-0.15, -0.1) is 0 Å². The fourth-order valence-corrected chi connectivity index (χ4v) is 4.63. The zero-order chi connectivity index (χ0) is 19.7. The Bertz CT molecular complexity index is 870. The van der Waals surface area contributed by atoms with Crippen LogP contribution in [0.25, 0.3) is 0 Å². The minimum absolute atomic E-state index is 0.0525. The molecule has 3 amide bonds. The van der Waals surface area contributed by atoms with Gasteiger partial charge in [-0.1, -0.05) is 42.5 Å². The molecular weight excluding hydrogens is 350 g/mol. The van der Waals surface area contributed by atoms with Gasteiger partial charge in [-0.2, -0.15) is 0 Å². The van der Waals surface area contributed by atoms with Gasteiger partial charge in [0, 0.05) is 51.3 Å². The van der Waals surface area contributed by atoms with E-state index in [9.17, 15) is 9.59 Å². The van der Waals surface area contributed by atoms with E-state index >= 15 is 0 Å². The first-order chi connectivity index (χ1) is 13.5. The van der Waals surface area contributed by atoms with E-state index in [1.807, 2.05) is 46.2 Å². The molecule has 0 atom stereocenters. The molecule has 5 nitrogen and oxygen atoms in total. The lowest BCUT2D eigenvalue weighted by atomic mass is 9.69. The number of fused-ring (bicyclic) bond motifs is 2. The van der Waals surface area contributed by atoms with E-state index in [4.69, 9.17) is 0 Å². The third-order valence-electron chi connectivity index (χ3n) is 6.13. The average Bonchev–Trinajstić information content (AvgIpc) is 2.74. The molecule has 2 aromatic carbocycles. The molecule has 0 unspecified atom stereocenters. The molecule has 2 aliphatic rings. The highest BCUT2D eigenvalue weighted by molar-refractivity contribution is 5.94. The van der Waals surface area contributed by atoms with Crippen LogP contribution in [0.4, 0.5) is 4.79 Å². The van der Waals surface area contributed by atoms with Gasteiger partial charge in [0.25, 0.3) is 5.91 Å². The Morgan fingerprint density at radius 2 is 1.54 bits per heavy atom. The molecule has 0 aromatic heterocycles. The molecule has 1 saturated heterocycles. The zero-order valence-corrected chi connectivity index (χ0v) is 16.6. The van der Waals surface area contributed by atoms with E-state index in [0.29, 0.717) is 26.2 Å². The van der Waals surface area contributed by atoms with Crippen LogP contribution >= 0.6 is 0 Å². The standard InChI is InChI=1S/C23H27N3O2/c1-24(2)22(28)26-16-19-10-6-7-11-20(19)23(17-26)12-14-25(15-13-23)21(27)18-8-4-3-5-9-18/h3-11H,12-17H2,1-2H3. The van der Waals surface area contributed by atoms with E-state index in [0.717, 1.165) is 18.4 Å². The van der Waals surface area contributed by atoms with Crippen LogP contribution < -0.4 is 0 Å². The number of likely N-dealkylation sites (tertiary alicyclic amines) is 1. The third kappa shape index (κ3) is 3.26. The largest absolute Gasteiger partial charge is 0.339 e. The molecule has 1 fully saturated rings. The Balaban J connectivity index is 1.57. The highest BCUT2D eigenvalue weighted by atomic mass is 16.2. The lowest BCUT2D eigenvalue weighted by Gasteiger charge is -2.49. The summed E-state index contributed by atoms with van der Waals surface area (Å²) in [5, 5.41) is 0. The highest BCUT2D eigenvalue weighted by Crippen LogP contribution is 2.42. The van der Waals surface area contributed by atoms with Crippen LogP contribution in [0.5, 0.6) is 0 Å². The van der Waals surface area contributed by atoms with Crippen molar-refractivity contribution in [1.82, 2.24) is 14.7 Å². The molecule has 4 rings (SSSR count). The Morgan fingerprint density at radius 1 is 0.893 bits per heavy atom. The Hall–Kier alpha value is -2.82. The van der Waals surface area contributed by atoms with Gasteiger partial charge in [0.15, 0.2) is 0 Å². The maximum atomic E-state index is 12.8. The van der Waals surface area contributed by atoms with Gasteiger partial charge in [-0.3, -0.25) is 4.79 Å². The van der Waals surface area contributed by atoms with Crippen LogP contribution in [0, 0.1) is 0 Å². The quantitative estimate of drug-likeness (QED) is 0.765. The van der Waals surface area contributed by atoms with E-state index < -0.39 is 0 Å². The van der Waals surface area contributed by atoms with Crippen molar-refractivity contribution in [3.8, 4) is 0 Å². The van der Waals surface area contributed by atoms with Gasteiger partial charge in [0.1, 0.15) is 0 Å². The van der Waals surface area contributed by atoms with Crippen molar-refractivity contribution in [3.63, 3.8) is 0 Å². The van der Waals surface area contributed by atoms with Crippen LogP contribution in [-0.2, 0) is 12.0 Å². The zero-order valence-electron chi connectivity index (χ0n) is 16.6. The normalized spacial score (nSPS) is 17.9. The van der Waals surface area contributed by atoms with E-state index in [1.165, 1.54) is 11.1 Å². The summed E-state index contributed by atoms with van der Waals surface area (Å²) in [4.78, 5) is 31.1. The molecule has 0 radical (unpaired) electrons. The number of rotatable bonds is 1. The van der Waals surface area contributed by atoms with Gasteiger partial charge in [0.2, 0.25) is 0 Å². The molecule has 0 saturated carbocycles. The predicted octanol–water partition coefficient (Wildman–Crippen LogP) is 3.36. The van der Waals surface area contributed by atoms with Crippen molar-refractivity contribution in [2.45, 2.75) is 24.8 Å². The monoisotopic (exact) mass is 377 g/mol. The minimum Gasteiger partial charge on any atom is -0.339 e. The minimum atomic E-state index is -0.0754. The fraction of sp³-hybridized carbons (Fsp3) is 0.391. The number of piperidine rings is 1.